The fourth-order valence-corrected chi connectivity index (χ4v) is 4.09. The van der Waals surface area contributed by atoms with E-state index < -0.39 is 49.1 Å². The first-order valence-electron chi connectivity index (χ1n) is 13.4. The van der Waals surface area contributed by atoms with Crippen LogP contribution in [0.1, 0.15) is 44.8 Å². The summed E-state index contributed by atoms with van der Waals surface area (Å²) in [7, 11) is 0. The second-order valence-corrected chi connectivity index (χ2v) is 9.47. The SMILES string of the molecule is NCC(=O)CCC(=O)OC[C@H]1O[C@@H](n2cnc3c(N)ncnc32)[C@H](OC(=O)CCC(=O)CN)[C@@H]1OC(=O)CCC(=O)CN. The normalized spacial score (nSPS) is 19.6. The summed E-state index contributed by atoms with van der Waals surface area (Å²) in [5.74, 6) is -3.49. The van der Waals surface area contributed by atoms with Gasteiger partial charge in [0.1, 0.15) is 41.9 Å². The highest BCUT2D eigenvalue weighted by Crippen LogP contribution is 2.36. The lowest BCUT2D eigenvalue weighted by atomic mass is 10.1. The predicted molar refractivity (Wildman–Crippen MR) is 144 cm³/mol. The summed E-state index contributed by atoms with van der Waals surface area (Å²) in [6.07, 6.45) is -4.16. The van der Waals surface area contributed by atoms with Gasteiger partial charge in [0.2, 0.25) is 0 Å². The zero-order valence-electron chi connectivity index (χ0n) is 23.2. The molecular formula is C25H34N8O10. The van der Waals surface area contributed by atoms with E-state index in [-0.39, 0.29) is 92.5 Å². The van der Waals surface area contributed by atoms with Gasteiger partial charge >= 0.3 is 17.9 Å². The number of hydrogen-bond donors (Lipinski definition) is 4. The van der Waals surface area contributed by atoms with Crippen LogP contribution in [0.2, 0.25) is 0 Å². The number of carbonyl (C=O) groups is 6. The average Bonchev–Trinajstić information content (AvgIpc) is 3.58. The number of hydrogen-bond acceptors (Lipinski definition) is 17. The van der Waals surface area contributed by atoms with Crippen molar-refractivity contribution in [2.75, 3.05) is 32.0 Å². The summed E-state index contributed by atoms with van der Waals surface area (Å²) in [6.45, 7) is -1.25. The van der Waals surface area contributed by atoms with E-state index in [1.165, 1.54) is 17.2 Å². The third-order valence-electron chi connectivity index (χ3n) is 6.40. The molecule has 0 saturated carbocycles. The van der Waals surface area contributed by atoms with Gasteiger partial charge in [-0.15, -0.1) is 0 Å². The Bertz CT molecular complexity index is 1350. The van der Waals surface area contributed by atoms with Crippen molar-refractivity contribution in [3.05, 3.63) is 12.7 Å². The molecule has 3 heterocycles. The maximum atomic E-state index is 12.8. The Morgan fingerprint density at radius 2 is 1.28 bits per heavy atom. The molecule has 1 fully saturated rings. The fourth-order valence-electron chi connectivity index (χ4n) is 4.09. The van der Waals surface area contributed by atoms with E-state index >= 15 is 0 Å². The fraction of sp³-hybridized carbons (Fsp3) is 0.560. The first kappa shape index (κ1) is 33.1. The Hall–Kier alpha value is -4.39. The second-order valence-electron chi connectivity index (χ2n) is 9.47. The van der Waals surface area contributed by atoms with Crippen LogP contribution < -0.4 is 22.9 Å². The summed E-state index contributed by atoms with van der Waals surface area (Å²) in [6, 6.07) is 0. The predicted octanol–water partition coefficient (Wildman–Crippen LogP) is -2.40. The van der Waals surface area contributed by atoms with E-state index in [2.05, 4.69) is 15.0 Å². The molecule has 0 aliphatic carbocycles. The molecule has 2 aromatic rings. The molecule has 0 radical (unpaired) electrons. The van der Waals surface area contributed by atoms with Gasteiger partial charge in [-0.2, -0.15) is 0 Å². The van der Waals surface area contributed by atoms with Crippen LogP contribution >= 0.6 is 0 Å². The van der Waals surface area contributed by atoms with Gasteiger partial charge < -0.3 is 41.9 Å². The lowest BCUT2D eigenvalue weighted by molar-refractivity contribution is -0.169. The molecule has 234 valence electrons. The van der Waals surface area contributed by atoms with Crippen LogP contribution in [0.3, 0.4) is 0 Å². The summed E-state index contributed by atoms with van der Waals surface area (Å²) >= 11 is 0. The molecular weight excluding hydrogens is 572 g/mol. The number of anilines is 1. The first-order valence-corrected chi connectivity index (χ1v) is 13.4. The van der Waals surface area contributed by atoms with E-state index in [0.717, 1.165) is 0 Å². The van der Waals surface area contributed by atoms with Crippen molar-refractivity contribution < 1.29 is 47.7 Å². The van der Waals surface area contributed by atoms with Crippen molar-refractivity contribution in [3.63, 3.8) is 0 Å². The molecule has 1 saturated heterocycles. The van der Waals surface area contributed by atoms with Crippen molar-refractivity contribution in [1.82, 2.24) is 19.5 Å². The van der Waals surface area contributed by atoms with Crippen molar-refractivity contribution >= 4 is 52.2 Å². The molecule has 8 N–H and O–H groups in total. The number of ether oxygens (including phenoxy) is 4. The van der Waals surface area contributed by atoms with Gasteiger partial charge in [-0.05, 0) is 0 Å². The van der Waals surface area contributed by atoms with Gasteiger partial charge in [0.15, 0.2) is 29.9 Å². The number of Topliss-reactive ketones (excluding diaryl/α,β-unsaturated/α-hetero) is 3. The van der Waals surface area contributed by atoms with Gasteiger partial charge in [-0.1, -0.05) is 0 Å². The third kappa shape index (κ3) is 9.05. The lowest BCUT2D eigenvalue weighted by Crippen LogP contribution is -2.41. The van der Waals surface area contributed by atoms with Gasteiger partial charge in [0, 0.05) is 19.3 Å². The number of nitrogen functional groups attached to an aromatic ring is 1. The molecule has 0 spiro atoms. The molecule has 2 aromatic heterocycles. The third-order valence-corrected chi connectivity index (χ3v) is 6.40. The van der Waals surface area contributed by atoms with Gasteiger partial charge in [0.25, 0.3) is 0 Å². The standard InChI is InChI=1S/C25H34N8O10/c26-7-13(34)1-4-17(37)40-10-16-21(42-18(38)5-2-14(35)8-27)22(43-19(39)6-3-15(36)9-28)25(41-16)33-12-32-20-23(29)30-11-31-24(20)33/h11-12,16,21-22,25H,1-10,26-28H2,(H2,29,30,31)/t16-,21-,22-,25-/m1/s1. The molecule has 0 aromatic carbocycles. The molecule has 0 bridgehead atoms. The van der Waals surface area contributed by atoms with Crippen molar-refractivity contribution in [2.24, 2.45) is 17.2 Å². The first-order chi connectivity index (χ1) is 20.6. The number of fused-ring (bicyclic) bond motifs is 1. The number of esters is 3. The minimum atomic E-state index is -1.37. The Balaban J connectivity index is 1.92. The van der Waals surface area contributed by atoms with E-state index in [9.17, 15) is 28.8 Å². The quantitative estimate of drug-likeness (QED) is 0.108. The summed E-state index contributed by atoms with van der Waals surface area (Å²) in [5, 5.41) is 0. The van der Waals surface area contributed by atoms with Crippen LogP contribution in [0, 0.1) is 0 Å². The molecule has 3 rings (SSSR count). The number of carbonyl (C=O) groups excluding carboxylic acids is 6. The monoisotopic (exact) mass is 606 g/mol. The summed E-state index contributed by atoms with van der Waals surface area (Å²) in [5.41, 5.74) is 22.2. The average molecular weight is 607 g/mol. The molecule has 18 heteroatoms. The summed E-state index contributed by atoms with van der Waals surface area (Å²) < 4.78 is 24.0. The van der Waals surface area contributed by atoms with Gasteiger partial charge in [0.05, 0.1) is 45.2 Å². The molecule has 0 amide bonds. The van der Waals surface area contributed by atoms with Gasteiger partial charge in [-0.25, -0.2) is 15.0 Å². The van der Waals surface area contributed by atoms with Crippen LogP contribution in [0.5, 0.6) is 0 Å². The highest BCUT2D eigenvalue weighted by atomic mass is 16.7. The minimum absolute atomic E-state index is 0.0562. The Morgan fingerprint density at radius 1 is 0.744 bits per heavy atom. The van der Waals surface area contributed by atoms with Crippen molar-refractivity contribution in [1.29, 1.82) is 0 Å². The smallest absolute Gasteiger partial charge is 0.306 e. The van der Waals surface area contributed by atoms with Gasteiger partial charge in [-0.3, -0.25) is 33.3 Å². The van der Waals surface area contributed by atoms with Crippen LogP contribution in [0.25, 0.3) is 11.2 Å². The van der Waals surface area contributed by atoms with Crippen molar-refractivity contribution in [2.45, 2.75) is 63.1 Å². The number of imidazole rings is 1. The molecule has 1 aliphatic rings. The number of nitrogens with zero attached hydrogens (tertiary/aromatic N) is 4. The number of rotatable bonds is 17. The number of nitrogens with two attached hydrogens (primary N) is 4. The van der Waals surface area contributed by atoms with Crippen LogP contribution in [0.4, 0.5) is 5.82 Å². The largest absolute Gasteiger partial charge is 0.463 e. The zero-order valence-corrected chi connectivity index (χ0v) is 23.2. The Labute approximate surface area is 244 Å². The van der Waals surface area contributed by atoms with Crippen LogP contribution in [-0.2, 0) is 47.7 Å². The summed E-state index contributed by atoms with van der Waals surface area (Å²) in [4.78, 5) is 85.0. The molecule has 1 aliphatic heterocycles. The van der Waals surface area contributed by atoms with Crippen LogP contribution in [-0.4, -0.2) is 99.3 Å². The Kier molecular flexibility index (Phi) is 12.1. The lowest BCUT2D eigenvalue weighted by Gasteiger charge is -2.25. The topological polar surface area (TPSA) is 287 Å². The second kappa shape index (κ2) is 15.7. The van der Waals surface area contributed by atoms with Crippen molar-refractivity contribution in [3.8, 4) is 0 Å². The van der Waals surface area contributed by atoms with E-state index in [1.54, 1.807) is 0 Å². The highest BCUT2D eigenvalue weighted by Gasteiger charge is 2.51. The molecule has 0 unspecified atom stereocenters. The van der Waals surface area contributed by atoms with E-state index in [1.807, 2.05) is 0 Å². The van der Waals surface area contributed by atoms with Crippen LogP contribution in [0.15, 0.2) is 12.7 Å². The number of ketones is 3. The Morgan fingerprint density at radius 3 is 1.84 bits per heavy atom. The van der Waals surface area contributed by atoms with E-state index in [0.29, 0.717) is 0 Å². The molecule has 18 nitrogen and oxygen atoms in total. The van der Waals surface area contributed by atoms with E-state index in [4.69, 9.17) is 41.9 Å². The maximum absolute atomic E-state index is 12.8. The molecule has 4 atom stereocenters. The zero-order chi connectivity index (χ0) is 31.5. The maximum Gasteiger partial charge on any atom is 0.306 e. The highest BCUT2D eigenvalue weighted by molar-refractivity contribution is 5.85. The number of aromatic nitrogens is 4. The minimum Gasteiger partial charge on any atom is -0.463 e. The molecule has 43 heavy (non-hydrogen) atoms.